The minimum Gasteiger partial charge on any atom is -0.349 e. The van der Waals surface area contributed by atoms with Crippen LogP contribution in [0.1, 0.15) is 69.4 Å². The van der Waals surface area contributed by atoms with Gasteiger partial charge in [-0.3, -0.25) is 4.79 Å². The van der Waals surface area contributed by atoms with E-state index in [1.165, 1.54) is 50.5 Å². The second-order valence-electron chi connectivity index (χ2n) is 6.78. The molecule has 21 heavy (non-hydrogen) atoms. The first-order valence-corrected chi connectivity index (χ1v) is 8.70. The van der Waals surface area contributed by atoms with Crippen molar-refractivity contribution in [1.29, 1.82) is 0 Å². The van der Waals surface area contributed by atoms with E-state index in [-0.39, 0.29) is 12.0 Å². The van der Waals surface area contributed by atoms with E-state index in [0.29, 0.717) is 11.8 Å². The zero-order valence-corrected chi connectivity index (χ0v) is 12.9. The quantitative estimate of drug-likeness (QED) is 0.859. The van der Waals surface area contributed by atoms with Crippen LogP contribution >= 0.6 is 0 Å². The van der Waals surface area contributed by atoms with Gasteiger partial charge in [0.1, 0.15) is 0 Å². The molecule has 2 nitrogen and oxygen atoms in total. The van der Waals surface area contributed by atoms with Crippen molar-refractivity contribution < 1.29 is 4.79 Å². The van der Waals surface area contributed by atoms with E-state index >= 15 is 0 Å². The maximum absolute atomic E-state index is 12.6. The molecule has 2 heteroatoms. The van der Waals surface area contributed by atoms with Gasteiger partial charge in [0.15, 0.2) is 0 Å². The Morgan fingerprint density at radius 2 is 1.52 bits per heavy atom. The molecule has 1 amide bonds. The van der Waals surface area contributed by atoms with Gasteiger partial charge in [0, 0.05) is 5.92 Å². The van der Waals surface area contributed by atoms with Crippen LogP contribution in [0.15, 0.2) is 30.3 Å². The van der Waals surface area contributed by atoms with Crippen molar-refractivity contribution in [2.24, 2.45) is 11.8 Å². The van der Waals surface area contributed by atoms with Gasteiger partial charge in [-0.2, -0.15) is 0 Å². The second-order valence-corrected chi connectivity index (χ2v) is 6.78. The largest absolute Gasteiger partial charge is 0.349 e. The van der Waals surface area contributed by atoms with Gasteiger partial charge in [-0.1, -0.05) is 62.4 Å². The molecule has 1 atom stereocenters. The minimum absolute atomic E-state index is 0.222. The summed E-state index contributed by atoms with van der Waals surface area (Å²) in [5, 5.41) is 3.41. The van der Waals surface area contributed by atoms with Crippen LogP contribution < -0.4 is 5.32 Å². The van der Waals surface area contributed by atoms with Crippen LogP contribution in [-0.2, 0) is 4.79 Å². The van der Waals surface area contributed by atoms with Gasteiger partial charge in [-0.25, -0.2) is 0 Å². The maximum atomic E-state index is 12.6. The number of nitrogens with one attached hydrogen (secondary N) is 1. The molecule has 114 valence electrons. The van der Waals surface area contributed by atoms with Crippen molar-refractivity contribution in [1.82, 2.24) is 5.32 Å². The van der Waals surface area contributed by atoms with Crippen LogP contribution in [0.5, 0.6) is 0 Å². The predicted molar refractivity (Wildman–Crippen MR) is 85.9 cm³/mol. The van der Waals surface area contributed by atoms with Crippen LogP contribution in [-0.4, -0.2) is 5.91 Å². The maximum Gasteiger partial charge on any atom is 0.223 e. The fourth-order valence-electron chi connectivity index (χ4n) is 4.06. The van der Waals surface area contributed by atoms with Gasteiger partial charge in [-0.05, 0) is 37.2 Å². The number of hydrogen-bond acceptors (Lipinski definition) is 1. The first kappa shape index (κ1) is 14.6. The summed E-state index contributed by atoms with van der Waals surface area (Å²) in [5.74, 6) is 1.18. The standard InChI is InChI=1S/C19H27NO/c21-19(17-13-7-8-14-17)20-18(15-9-3-1-4-10-15)16-11-5-2-6-12-16/h1,3-4,9-10,16-18H,2,5-8,11-14H2,(H,20,21). The molecule has 1 aromatic carbocycles. The van der Waals surface area contributed by atoms with Gasteiger partial charge >= 0.3 is 0 Å². The summed E-state index contributed by atoms with van der Waals surface area (Å²) in [6.07, 6.45) is 11.1. The molecule has 0 radical (unpaired) electrons. The average molecular weight is 285 g/mol. The minimum atomic E-state index is 0.222. The van der Waals surface area contributed by atoms with E-state index in [2.05, 4.69) is 35.6 Å². The molecule has 0 aliphatic heterocycles. The number of benzene rings is 1. The number of hydrogen-bond donors (Lipinski definition) is 1. The molecule has 1 N–H and O–H groups in total. The Morgan fingerprint density at radius 1 is 0.905 bits per heavy atom. The zero-order valence-electron chi connectivity index (χ0n) is 12.9. The Kier molecular flexibility index (Phi) is 4.95. The van der Waals surface area contributed by atoms with Gasteiger partial charge < -0.3 is 5.32 Å². The van der Waals surface area contributed by atoms with Crippen molar-refractivity contribution in [3.05, 3.63) is 35.9 Å². The van der Waals surface area contributed by atoms with Crippen molar-refractivity contribution in [3.8, 4) is 0 Å². The molecule has 0 heterocycles. The summed E-state index contributed by atoms with van der Waals surface area (Å²) in [4.78, 5) is 12.6. The lowest BCUT2D eigenvalue weighted by Gasteiger charge is -2.32. The van der Waals surface area contributed by atoms with E-state index in [1.807, 2.05) is 0 Å². The molecular formula is C19H27NO. The number of carbonyl (C=O) groups is 1. The molecule has 0 aromatic heterocycles. The Morgan fingerprint density at radius 3 is 2.19 bits per heavy atom. The Labute approximate surface area is 128 Å². The topological polar surface area (TPSA) is 29.1 Å². The SMILES string of the molecule is O=C(NC(c1ccccc1)C1CCCCC1)C1CCCC1. The van der Waals surface area contributed by atoms with E-state index < -0.39 is 0 Å². The second kappa shape index (κ2) is 7.11. The Bertz CT molecular complexity index is 444. The van der Waals surface area contributed by atoms with E-state index in [4.69, 9.17) is 0 Å². The highest BCUT2D eigenvalue weighted by Crippen LogP contribution is 2.35. The molecule has 0 bridgehead atoms. The van der Waals surface area contributed by atoms with Gasteiger partial charge in [0.2, 0.25) is 5.91 Å². The summed E-state index contributed by atoms with van der Waals surface area (Å²) in [7, 11) is 0. The average Bonchev–Trinajstić information content (AvgIpc) is 3.09. The highest BCUT2D eigenvalue weighted by Gasteiger charge is 2.30. The first-order valence-electron chi connectivity index (χ1n) is 8.70. The first-order chi connectivity index (χ1) is 10.3. The number of rotatable bonds is 4. The summed E-state index contributed by atoms with van der Waals surface area (Å²) in [6, 6.07) is 10.8. The van der Waals surface area contributed by atoms with Crippen molar-refractivity contribution in [2.45, 2.75) is 63.8 Å². The molecule has 2 aliphatic carbocycles. The molecule has 2 aliphatic rings. The smallest absolute Gasteiger partial charge is 0.223 e. The van der Waals surface area contributed by atoms with E-state index in [1.54, 1.807) is 0 Å². The van der Waals surface area contributed by atoms with Gasteiger partial charge in [-0.15, -0.1) is 0 Å². The third-order valence-corrected chi connectivity index (χ3v) is 5.30. The van der Waals surface area contributed by atoms with Gasteiger partial charge in [0.05, 0.1) is 6.04 Å². The summed E-state index contributed by atoms with van der Waals surface area (Å²) < 4.78 is 0. The lowest BCUT2D eigenvalue weighted by atomic mass is 9.81. The van der Waals surface area contributed by atoms with Crippen molar-refractivity contribution in [2.75, 3.05) is 0 Å². The number of amides is 1. The van der Waals surface area contributed by atoms with E-state index in [0.717, 1.165) is 12.8 Å². The summed E-state index contributed by atoms with van der Waals surface area (Å²) in [6.45, 7) is 0. The van der Waals surface area contributed by atoms with Crippen LogP contribution in [0, 0.1) is 11.8 Å². The lowest BCUT2D eigenvalue weighted by molar-refractivity contribution is -0.126. The fraction of sp³-hybridized carbons (Fsp3) is 0.632. The monoisotopic (exact) mass is 285 g/mol. The van der Waals surface area contributed by atoms with Crippen LogP contribution in [0.25, 0.3) is 0 Å². The van der Waals surface area contributed by atoms with Crippen molar-refractivity contribution in [3.63, 3.8) is 0 Å². The highest BCUT2D eigenvalue weighted by molar-refractivity contribution is 5.79. The predicted octanol–water partition coefficient (Wildman–Crippen LogP) is 4.61. The molecule has 1 unspecified atom stereocenters. The molecular weight excluding hydrogens is 258 g/mol. The fourth-order valence-corrected chi connectivity index (χ4v) is 4.06. The molecule has 2 saturated carbocycles. The molecule has 1 aromatic rings. The van der Waals surface area contributed by atoms with Crippen LogP contribution in [0.2, 0.25) is 0 Å². The molecule has 3 rings (SSSR count). The Balaban J connectivity index is 1.73. The Hall–Kier alpha value is -1.31. The number of carbonyl (C=O) groups excluding carboxylic acids is 1. The van der Waals surface area contributed by atoms with Gasteiger partial charge in [0.25, 0.3) is 0 Å². The van der Waals surface area contributed by atoms with E-state index in [9.17, 15) is 4.79 Å². The molecule has 0 saturated heterocycles. The molecule has 0 spiro atoms. The zero-order chi connectivity index (χ0) is 14.5. The highest BCUT2D eigenvalue weighted by atomic mass is 16.1. The van der Waals surface area contributed by atoms with Crippen molar-refractivity contribution >= 4 is 5.91 Å². The normalized spacial score (nSPS) is 22.1. The van der Waals surface area contributed by atoms with Crippen LogP contribution in [0.3, 0.4) is 0 Å². The molecule has 2 fully saturated rings. The summed E-state index contributed by atoms with van der Waals surface area (Å²) >= 11 is 0. The third-order valence-electron chi connectivity index (χ3n) is 5.30. The van der Waals surface area contributed by atoms with Crippen LogP contribution in [0.4, 0.5) is 0 Å². The summed E-state index contributed by atoms with van der Waals surface area (Å²) in [5.41, 5.74) is 1.29. The third kappa shape index (κ3) is 3.66. The lowest BCUT2D eigenvalue weighted by Crippen LogP contribution is -2.37.